The number of ether oxygens (including phenoxy) is 1. The highest BCUT2D eigenvalue weighted by molar-refractivity contribution is 5.85. The molecular weight excluding hydrogens is 444 g/mol. The molecule has 1 saturated carbocycles. The van der Waals surface area contributed by atoms with Gasteiger partial charge in [0.25, 0.3) is 0 Å². The number of rotatable bonds is 8. The van der Waals surface area contributed by atoms with E-state index in [4.69, 9.17) is 4.74 Å². The molecule has 7 nitrogen and oxygen atoms in total. The maximum Gasteiger partial charge on any atom is 0.407 e. The summed E-state index contributed by atoms with van der Waals surface area (Å²) in [5.41, 5.74) is 3.68. The first-order chi connectivity index (χ1) is 16.5. The van der Waals surface area contributed by atoms with Gasteiger partial charge in [0.1, 0.15) is 12.6 Å². The lowest BCUT2D eigenvalue weighted by Gasteiger charge is -2.31. The SMILES string of the molecule is CN(C(=O)CC1(NC(=O)OCC2c3ccccc3-c3ccccc32)CC1)C(CC(C)(C)C)C(=O)O. The fourth-order valence-corrected chi connectivity index (χ4v) is 4.91. The number of hydrogen-bond acceptors (Lipinski definition) is 4. The fraction of sp³-hybridized carbons (Fsp3) is 0.464. The molecule has 2 N–H and O–H groups in total. The molecule has 0 spiro atoms. The van der Waals surface area contributed by atoms with Gasteiger partial charge in [-0.15, -0.1) is 0 Å². The molecule has 0 bridgehead atoms. The predicted molar refractivity (Wildman–Crippen MR) is 133 cm³/mol. The number of hydrogen-bond donors (Lipinski definition) is 2. The van der Waals surface area contributed by atoms with Gasteiger partial charge in [-0.05, 0) is 46.9 Å². The quantitative estimate of drug-likeness (QED) is 0.568. The summed E-state index contributed by atoms with van der Waals surface area (Å²) in [6, 6.07) is 15.4. The second-order valence-electron chi connectivity index (χ2n) is 11.0. The lowest BCUT2D eigenvalue weighted by Crippen LogP contribution is -2.48. The molecule has 0 heterocycles. The Balaban J connectivity index is 1.36. The number of fused-ring (bicyclic) bond motifs is 3. The van der Waals surface area contributed by atoms with Gasteiger partial charge in [-0.2, -0.15) is 0 Å². The van der Waals surface area contributed by atoms with Crippen LogP contribution in [0.25, 0.3) is 11.1 Å². The van der Waals surface area contributed by atoms with Crippen molar-refractivity contribution in [3.05, 3.63) is 59.7 Å². The van der Waals surface area contributed by atoms with Gasteiger partial charge in [0.15, 0.2) is 0 Å². The van der Waals surface area contributed by atoms with E-state index in [-0.39, 0.29) is 30.3 Å². The molecular formula is C28H34N2O5. The molecule has 2 aliphatic rings. The summed E-state index contributed by atoms with van der Waals surface area (Å²) in [6.07, 6.45) is 1.17. The summed E-state index contributed by atoms with van der Waals surface area (Å²) in [5.74, 6) is -1.35. The van der Waals surface area contributed by atoms with Gasteiger partial charge in [0.2, 0.25) is 5.91 Å². The van der Waals surface area contributed by atoms with Crippen molar-refractivity contribution in [2.45, 2.75) is 64.0 Å². The highest BCUT2D eigenvalue weighted by Gasteiger charge is 2.47. The molecule has 1 fully saturated rings. The minimum atomic E-state index is -1.02. The number of carboxylic acids is 1. The molecule has 35 heavy (non-hydrogen) atoms. The first-order valence-corrected chi connectivity index (χ1v) is 12.1. The number of amides is 2. The smallest absolute Gasteiger partial charge is 0.407 e. The third kappa shape index (κ3) is 5.50. The van der Waals surface area contributed by atoms with Crippen LogP contribution in [0.15, 0.2) is 48.5 Å². The number of carbonyl (C=O) groups excluding carboxylic acids is 2. The topological polar surface area (TPSA) is 95.9 Å². The average Bonchev–Trinajstić information content (AvgIpc) is 3.47. The lowest BCUT2D eigenvalue weighted by atomic mass is 9.87. The number of benzene rings is 2. The lowest BCUT2D eigenvalue weighted by molar-refractivity contribution is -0.150. The Hall–Kier alpha value is -3.35. The summed E-state index contributed by atoms with van der Waals surface area (Å²) < 4.78 is 5.64. The molecule has 0 saturated heterocycles. The number of nitrogens with zero attached hydrogens (tertiary/aromatic N) is 1. The van der Waals surface area contributed by atoms with Crippen molar-refractivity contribution in [2.24, 2.45) is 5.41 Å². The Morgan fingerprint density at radius 3 is 2.09 bits per heavy atom. The van der Waals surface area contributed by atoms with Crippen molar-refractivity contribution in [2.75, 3.05) is 13.7 Å². The maximum absolute atomic E-state index is 12.9. The van der Waals surface area contributed by atoms with E-state index < -0.39 is 23.6 Å². The van der Waals surface area contributed by atoms with Crippen molar-refractivity contribution in [1.82, 2.24) is 10.2 Å². The Kier molecular flexibility index (Phi) is 6.62. The van der Waals surface area contributed by atoms with Crippen molar-refractivity contribution in [3.63, 3.8) is 0 Å². The Labute approximate surface area is 206 Å². The van der Waals surface area contributed by atoms with E-state index in [0.29, 0.717) is 19.3 Å². The predicted octanol–water partition coefficient (Wildman–Crippen LogP) is 4.80. The fourth-order valence-electron chi connectivity index (χ4n) is 4.91. The summed E-state index contributed by atoms with van der Waals surface area (Å²) in [5, 5.41) is 12.5. The van der Waals surface area contributed by atoms with E-state index in [1.165, 1.54) is 11.9 Å². The van der Waals surface area contributed by atoms with Gasteiger partial charge in [0.05, 0.1) is 12.0 Å². The number of carboxylic acid groups (broad SMARTS) is 1. The van der Waals surface area contributed by atoms with E-state index in [1.54, 1.807) is 0 Å². The van der Waals surface area contributed by atoms with Crippen LogP contribution in [-0.2, 0) is 14.3 Å². The minimum Gasteiger partial charge on any atom is -0.480 e. The molecule has 4 rings (SSSR count). The molecule has 186 valence electrons. The zero-order valence-corrected chi connectivity index (χ0v) is 20.8. The van der Waals surface area contributed by atoms with Crippen molar-refractivity contribution in [1.29, 1.82) is 0 Å². The standard InChI is InChI=1S/C28H34N2O5/c1-27(2,3)15-23(25(32)33)30(4)24(31)16-28(13-14-28)29-26(34)35-17-22-20-11-7-5-9-18(20)19-10-6-8-12-21(19)22/h5-12,22-23H,13-17H2,1-4H3,(H,29,34)(H,32,33). The minimum absolute atomic E-state index is 0.0372. The molecule has 0 aromatic heterocycles. The van der Waals surface area contributed by atoms with Crippen LogP contribution in [0.5, 0.6) is 0 Å². The van der Waals surface area contributed by atoms with Crippen LogP contribution >= 0.6 is 0 Å². The number of alkyl carbamates (subject to hydrolysis) is 1. The van der Waals surface area contributed by atoms with Crippen LogP contribution in [0.3, 0.4) is 0 Å². The van der Waals surface area contributed by atoms with E-state index in [1.807, 2.05) is 45.0 Å². The highest BCUT2D eigenvalue weighted by atomic mass is 16.5. The Morgan fingerprint density at radius 1 is 1.06 bits per heavy atom. The molecule has 0 aliphatic heterocycles. The van der Waals surface area contributed by atoms with Crippen LogP contribution in [0.4, 0.5) is 4.79 Å². The molecule has 1 atom stereocenters. The Morgan fingerprint density at radius 2 is 1.60 bits per heavy atom. The van der Waals surface area contributed by atoms with E-state index in [0.717, 1.165) is 22.3 Å². The number of carbonyl (C=O) groups is 3. The van der Waals surface area contributed by atoms with Gasteiger partial charge >= 0.3 is 12.1 Å². The number of nitrogens with one attached hydrogen (secondary N) is 1. The first-order valence-electron chi connectivity index (χ1n) is 12.1. The summed E-state index contributed by atoms with van der Waals surface area (Å²) in [4.78, 5) is 38.7. The van der Waals surface area contributed by atoms with Crippen LogP contribution < -0.4 is 5.32 Å². The number of aliphatic carboxylic acids is 1. The number of likely N-dealkylation sites (N-methyl/N-ethyl adjacent to an activating group) is 1. The second-order valence-corrected chi connectivity index (χ2v) is 11.0. The largest absolute Gasteiger partial charge is 0.480 e. The summed E-state index contributed by atoms with van der Waals surface area (Å²) in [6.45, 7) is 6.05. The Bertz CT molecular complexity index is 1090. The zero-order valence-electron chi connectivity index (χ0n) is 20.8. The normalized spacial score (nSPS) is 16.6. The van der Waals surface area contributed by atoms with Gasteiger partial charge in [-0.1, -0.05) is 69.3 Å². The molecule has 1 unspecified atom stereocenters. The first kappa shape index (κ1) is 24.8. The van der Waals surface area contributed by atoms with Gasteiger partial charge in [-0.3, -0.25) is 4.79 Å². The van der Waals surface area contributed by atoms with Crippen LogP contribution in [0.2, 0.25) is 0 Å². The van der Waals surface area contributed by atoms with Crippen molar-refractivity contribution >= 4 is 18.0 Å². The van der Waals surface area contributed by atoms with Gasteiger partial charge in [0, 0.05) is 13.0 Å². The molecule has 2 amide bonds. The summed E-state index contributed by atoms with van der Waals surface area (Å²) in [7, 11) is 1.52. The average molecular weight is 479 g/mol. The van der Waals surface area contributed by atoms with Crippen molar-refractivity contribution < 1.29 is 24.2 Å². The van der Waals surface area contributed by atoms with Crippen LogP contribution in [0.1, 0.15) is 63.5 Å². The molecule has 7 heteroatoms. The third-order valence-electron chi connectivity index (χ3n) is 7.01. The van der Waals surface area contributed by atoms with Crippen LogP contribution in [-0.4, -0.2) is 53.2 Å². The van der Waals surface area contributed by atoms with E-state index in [9.17, 15) is 19.5 Å². The maximum atomic E-state index is 12.9. The molecule has 2 aromatic rings. The zero-order chi connectivity index (χ0) is 25.4. The van der Waals surface area contributed by atoms with E-state index in [2.05, 4.69) is 29.6 Å². The van der Waals surface area contributed by atoms with Crippen molar-refractivity contribution in [3.8, 4) is 11.1 Å². The third-order valence-corrected chi connectivity index (χ3v) is 7.01. The molecule has 2 aromatic carbocycles. The molecule has 2 aliphatic carbocycles. The van der Waals surface area contributed by atoms with Gasteiger partial charge < -0.3 is 20.1 Å². The second kappa shape index (κ2) is 9.36. The molecule has 0 radical (unpaired) electrons. The van der Waals surface area contributed by atoms with E-state index >= 15 is 0 Å². The summed E-state index contributed by atoms with van der Waals surface area (Å²) >= 11 is 0. The van der Waals surface area contributed by atoms with Crippen LogP contribution in [0, 0.1) is 5.41 Å². The van der Waals surface area contributed by atoms with Gasteiger partial charge in [-0.25, -0.2) is 9.59 Å². The highest BCUT2D eigenvalue weighted by Crippen LogP contribution is 2.45. The monoisotopic (exact) mass is 478 g/mol.